The second-order valence-corrected chi connectivity index (χ2v) is 11.1. The van der Waals surface area contributed by atoms with Gasteiger partial charge in [0.25, 0.3) is 0 Å². The highest BCUT2D eigenvalue weighted by Crippen LogP contribution is 2.37. The number of nitrogens with zero attached hydrogens (tertiary/aromatic N) is 3. The predicted octanol–water partition coefficient (Wildman–Crippen LogP) is 5.61. The normalized spacial score (nSPS) is 17.8. The van der Waals surface area contributed by atoms with Crippen LogP contribution in [0.2, 0.25) is 0 Å². The first-order valence-electron chi connectivity index (χ1n) is 14.5. The molecule has 2 heterocycles. The maximum atomic E-state index is 13.4. The lowest BCUT2D eigenvalue weighted by Crippen LogP contribution is -2.50. The van der Waals surface area contributed by atoms with Crippen LogP contribution in [0, 0.1) is 0 Å². The van der Waals surface area contributed by atoms with E-state index < -0.39 is 5.60 Å². The summed E-state index contributed by atoms with van der Waals surface area (Å²) in [6.07, 6.45) is 4.51. The molecule has 1 saturated heterocycles. The highest BCUT2D eigenvalue weighted by molar-refractivity contribution is 5.91. The van der Waals surface area contributed by atoms with Gasteiger partial charge in [-0.25, -0.2) is 9.78 Å². The number of ether oxygens (including phenoxy) is 3. The van der Waals surface area contributed by atoms with E-state index in [0.717, 1.165) is 24.8 Å². The Morgan fingerprint density at radius 3 is 2.48 bits per heavy atom. The lowest BCUT2D eigenvalue weighted by atomic mass is 9.85. The number of nitrogens with one attached hydrogen (secondary N) is 1. The van der Waals surface area contributed by atoms with Crippen LogP contribution in [0.5, 0.6) is 11.5 Å². The molecule has 0 spiro atoms. The molecule has 2 aliphatic rings. The molecule has 3 N–H and O–H groups in total. The Labute approximate surface area is 246 Å². The maximum Gasteiger partial charge on any atom is 0.408 e. The van der Waals surface area contributed by atoms with Gasteiger partial charge in [-0.1, -0.05) is 54.6 Å². The largest absolute Gasteiger partial charge is 0.493 e. The van der Waals surface area contributed by atoms with Gasteiger partial charge < -0.3 is 30.2 Å². The van der Waals surface area contributed by atoms with Gasteiger partial charge in [0.1, 0.15) is 11.4 Å². The van der Waals surface area contributed by atoms with E-state index in [1.165, 1.54) is 11.1 Å². The van der Waals surface area contributed by atoms with Crippen LogP contribution >= 0.6 is 0 Å². The van der Waals surface area contributed by atoms with Crippen molar-refractivity contribution in [2.24, 2.45) is 0 Å². The van der Waals surface area contributed by atoms with E-state index in [0.29, 0.717) is 66.5 Å². The molecule has 1 aliphatic heterocycles. The van der Waals surface area contributed by atoms with E-state index >= 15 is 0 Å². The van der Waals surface area contributed by atoms with Gasteiger partial charge in [-0.15, -0.1) is 0 Å². The number of aromatic nitrogens is 2. The number of piperidine rings is 1. The molecule has 1 aromatic heterocycles. The number of rotatable bonds is 7. The van der Waals surface area contributed by atoms with Crippen molar-refractivity contribution in [2.75, 3.05) is 37.9 Å². The smallest absolute Gasteiger partial charge is 0.408 e. The number of nitrogen functional groups attached to an aromatic ring is 1. The zero-order chi connectivity index (χ0) is 29.1. The van der Waals surface area contributed by atoms with Crippen LogP contribution in [0.3, 0.4) is 0 Å². The van der Waals surface area contributed by atoms with E-state index in [1.807, 2.05) is 30.3 Å². The van der Waals surface area contributed by atoms with E-state index in [-0.39, 0.29) is 12.1 Å². The summed E-state index contributed by atoms with van der Waals surface area (Å²) in [5, 5.41) is 3.89. The molecule has 9 heteroatoms. The molecule has 0 radical (unpaired) electrons. The molecular formula is C33H37N5O4. The molecular weight excluding hydrogens is 530 g/mol. The Morgan fingerprint density at radius 2 is 1.71 bits per heavy atom. The van der Waals surface area contributed by atoms with Crippen molar-refractivity contribution in [3.8, 4) is 11.5 Å². The fourth-order valence-corrected chi connectivity index (χ4v) is 6.28. The van der Waals surface area contributed by atoms with E-state index in [2.05, 4.69) is 45.5 Å². The number of nitrogens with two attached hydrogens (primary N) is 1. The Balaban J connectivity index is 1.21. The van der Waals surface area contributed by atoms with Crippen LogP contribution in [0.4, 0.5) is 16.6 Å². The summed E-state index contributed by atoms with van der Waals surface area (Å²) in [6, 6.07) is 22.1. The molecule has 218 valence electrons. The lowest BCUT2D eigenvalue weighted by Gasteiger charge is -2.41. The molecule has 4 aromatic rings. The van der Waals surface area contributed by atoms with Crippen LogP contribution in [-0.2, 0) is 17.6 Å². The third-order valence-corrected chi connectivity index (χ3v) is 8.52. The van der Waals surface area contributed by atoms with Gasteiger partial charge in [-0.2, -0.15) is 4.98 Å². The van der Waals surface area contributed by atoms with Gasteiger partial charge in [-0.05, 0) is 42.0 Å². The van der Waals surface area contributed by atoms with Crippen LogP contribution in [0.25, 0.3) is 10.9 Å². The highest BCUT2D eigenvalue weighted by Gasteiger charge is 2.40. The minimum Gasteiger partial charge on any atom is -0.493 e. The van der Waals surface area contributed by atoms with Gasteiger partial charge in [0, 0.05) is 43.8 Å². The number of anilines is 2. The number of hydrogen-bond acceptors (Lipinski definition) is 8. The molecule has 1 fully saturated rings. The maximum absolute atomic E-state index is 13.4. The summed E-state index contributed by atoms with van der Waals surface area (Å²) in [6.45, 7) is 1.23. The van der Waals surface area contributed by atoms with Gasteiger partial charge in [-0.3, -0.25) is 0 Å². The molecule has 1 amide bonds. The number of aryl methyl sites for hydroxylation is 1. The molecule has 42 heavy (non-hydrogen) atoms. The van der Waals surface area contributed by atoms with Crippen molar-refractivity contribution in [2.45, 2.75) is 50.2 Å². The van der Waals surface area contributed by atoms with Gasteiger partial charge in [0.2, 0.25) is 5.95 Å². The van der Waals surface area contributed by atoms with Crippen molar-refractivity contribution in [3.05, 3.63) is 83.4 Å². The first-order valence-corrected chi connectivity index (χ1v) is 14.5. The Morgan fingerprint density at radius 1 is 1.00 bits per heavy atom. The van der Waals surface area contributed by atoms with Gasteiger partial charge in [0.05, 0.1) is 25.8 Å². The third-order valence-electron chi connectivity index (χ3n) is 8.52. The van der Waals surface area contributed by atoms with E-state index in [4.69, 9.17) is 24.9 Å². The monoisotopic (exact) mass is 567 g/mol. The third kappa shape index (κ3) is 5.64. The van der Waals surface area contributed by atoms with Crippen molar-refractivity contribution in [3.63, 3.8) is 0 Å². The van der Waals surface area contributed by atoms with Crippen molar-refractivity contribution in [1.29, 1.82) is 0 Å². The minimum atomic E-state index is -0.658. The van der Waals surface area contributed by atoms with Crippen LogP contribution in [0.1, 0.15) is 48.4 Å². The number of methoxy groups -OCH3 is 2. The number of carbonyl (C=O) groups excluding carboxylic acids is 1. The van der Waals surface area contributed by atoms with Crippen LogP contribution in [0.15, 0.2) is 66.7 Å². The van der Waals surface area contributed by atoms with Crippen molar-refractivity contribution < 1.29 is 19.0 Å². The summed E-state index contributed by atoms with van der Waals surface area (Å²) in [4.78, 5) is 25.0. The second kappa shape index (κ2) is 11.8. The molecule has 3 aromatic carbocycles. The summed E-state index contributed by atoms with van der Waals surface area (Å²) in [7, 11) is 3.18. The summed E-state index contributed by atoms with van der Waals surface area (Å²) in [5.41, 5.74) is 10.0. The fourth-order valence-electron chi connectivity index (χ4n) is 6.28. The van der Waals surface area contributed by atoms with Gasteiger partial charge in [0.15, 0.2) is 11.5 Å². The molecule has 1 unspecified atom stereocenters. The average molecular weight is 568 g/mol. The first kappa shape index (κ1) is 27.6. The quantitative estimate of drug-likeness (QED) is 0.296. The molecule has 1 atom stereocenters. The first-order chi connectivity index (χ1) is 20.5. The van der Waals surface area contributed by atoms with Crippen molar-refractivity contribution >= 4 is 28.8 Å². The Hall–Kier alpha value is -4.53. The van der Waals surface area contributed by atoms with Crippen LogP contribution in [-0.4, -0.2) is 49.0 Å². The number of carbonyl (C=O) groups is 1. The molecule has 6 rings (SSSR count). The second-order valence-electron chi connectivity index (χ2n) is 11.1. The lowest BCUT2D eigenvalue weighted by molar-refractivity contribution is -0.00892. The number of alkyl carbamates (subject to hydrolysis) is 1. The molecule has 9 nitrogen and oxygen atoms in total. The Bertz CT molecular complexity index is 1570. The number of hydrogen-bond donors (Lipinski definition) is 2. The summed E-state index contributed by atoms with van der Waals surface area (Å²) >= 11 is 0. The fraction of sp³-hybridized carbons (Fsp3) is 0.364. The Kier molecular flexibility index (Phi) is 7.73. The van der Waals surface area contributed by atoms with E-state index in [1.54, 1.807) is 20.3 Å². The zero-order valence-corrected chi connectivity index (χ0v) is 24.1. The number of amides is 1. The molecule has 0 saturated carbocycles. The number of benzene rings is 3. The summed E-state index contributed by atoms with van der Waals surface area (Å²) in [5.74, 6) is 2.07. The minimum absolute atomic E-state index is 0.0408. The topological polar surface area (TPSA) is 112 Å². The predicted molar refractivity (Wildman–Crippen MR) is 163 cm³/mol. The van der Waals surface area contributed by atoms with E-state index in [9.17, 15) is 4.79 Å². The van der Waals surface area contributed by atoms with Gasteiger partial charge >= 0.3 is 6.09 Å². The van der Waals surface area contributed by atoms with Crippen LogP contribution < -0.4 is 25.4 Å². The van der Waals surface area contributed by atoms with Crippen molar-refractivity contribution in [1.82, 2.24) is 15.3 Å². The SMILES string of the molecule is COc1cc2nc(N3CCC(Cc4ccccc4)(OC(=O)NC4CCCc5ccccc54)CC3)nc(N)c2cc1OC. The number of fused-ring (bicyclic) bond motifs is 2. The highest BCUT2D eigenvalue weighted by atomic mass is 16.6. The molecule has 0 bridgehead atoms. The zero-order valence-electron chi connectivity index (χ0n) is 24.1. The average Bonchev–Trinajstić information content (AvgIpc) is 3.01. The standard InChI is InChI=1S/C33H37N5O4/c1-40-28-19-25-27(20-29(28)41-2)35-31(37-30(25)34)38-17-15-33(16-18-38,21-22-9-4-3-5-10-22)42-32(39)36-26-14-8-12-23-11-6-7-13-24(23)26/h3-7,9-11,13,19-20,26H,8,12,14-18,21H2,1-2H3,(H,36,39)(H2,34,35,37). The summed E-state index contributed by atoms with van der Waals surface area (Å²) < 4.78 is 17.3. The molecule has 1 aliphatic carbocycles.